The lowest BCUT2D eigenvalue weighted by molar-refractivity contribution is -0.128. The molecule has 0 bridgehead atoms. The summed E-state index contributed by atoms with van der Waals surface area (Å²) in [5.74, 6) is 1.34. The predicted molar refractivity (Wildman–Crippen MR) is 110 cm³/mol. The van der Waals surface area contributed by atoms with E-state index in [2.05, 4.69) is 10.6 Å². The fourth-order valence-electron chi connectivity index (χ4n) is 3.03. The van der Waals surface area contributed by atoms with Crippen molar-refractivity contribution in [3.05, 3.63) is 78.4 Å². The van der Waals surface area contributed by atoms with Gasteiger partial charge in [-0.05, 0) is 61.0 Å². The van der Waals surface area contributed by atoms with Crippen LogP contribution in [0.3, 0.4) is 0 Å². The van der Waals surface area contributed by atoms with E-state index in [4.69, 9.17) is 9.47 Å². The second kappa shape index (κ2) is 8.06. The van der Waals surface area contributed by atoms with E-state index in [-0.39, 0.29) is 18.2 Å². The van der Waals surface area contributed by atoms with Crippen molar-refractivity contribution in [1.29, 1.82) is 0 Å². The molecular weight excluding hydrogens is 368 g/mol. The standard InChI is InChI=1S/C23H20N2O4/c1-15-5-4-6-18(13-15)28-17-11-9-16(10-12-17)24-22(26)14-21-23(27)25-19-7-2-3-8-20(19)29-21/h2-13,21H,14H2,1H3,(H,24,26)(H,25,27)/t21-/m0/s1. The molecule has 0 radical (unpaired) electrons. The minimum atomic E-state index is -0.867. The Hall–Kier alpha value is -3.80. The zero-order valence-corrected chi connectivity index (χ0v) is 15.8. The van der Waals surface area contributed by atoms with Crippen LogP contribution in [0.1, 0.15) is 12.0 Å². The molecule has 6 nitrogen and oxygen atoms in total. The number of amides is 2. The molecule has 1 heterocycles. The van der Waals surface area contributed by atoms with Gasteiger partial charge in [0.15, 0.2) is 6.10 Å². The molecule has 4 rings (SSSR count). The van der Waals surface area contributed by atoms with E-state index in [9.17, 15) is 9.59 Å². The predicted octanol–water partition coefficient (Wildman–Crippen LogP) is 4.52. The second-order valence-corrected chi connectivity index (χ2v) is 6.79. The van der Waals surface area contributed by atoms with Crippen molar-refractivity contribution in [2.24, 2.45) is 0 Å². The molecule has 0 saturated heterocycles. The van der Waals surface area contributed by atoms with Crippen LogP contribution in [0.2, 0.25) is 0 Å². The summed E-state index contributed by atoms with van der Waals surface area (Å²) in [6, 6.07) is 21.9. The third kappa shape index (κ3) is 4.55. The minimum absolute atomic E-state index is 0.0816. The van der Waals surface area contributed by atoms with Crippen molar-refractivity contribution in [3.63, 3.8) is 0 Å². The maximum absolute atomic E-state index is 12.3. The molecule has 3 aromatic rings. The van der Waals surface area contributed by atoms with E-state index in [1.165, 1.54) is 0 Å². The van der Waals surface area contributed by atoms with Gasteiger partial charge in [0.2, 0.25) is 5.91 Å². The fourth-order valence-corrected chi connectivity index (χ4v) is 3.03. The molecule has 2 amide bonds. The lowest BCUT2D eigenvalue weighted by Gasteiger charge is -2.25. The van der Waals surface area contributed by atoms with E-state index in [0.717, 1.165) is 11.3 Å². The Balaban J connectivity index is 1.34. The number of ether oxygens (including phenoxy) is 2. The van der Waals surface area contributed by atoms with Gasteiger partial charge < -0.3 is 20.1 Å². The van der Waals surface area contributed by atoms with Crippen LogP contribution in [-0.2, 0) is 9.59 Å². The molecule has 6 heteroatoms. The summed E-state index contributed by atoms with van der Waals surface area (Å²) in [7, 11) is 0. The first-order chi connectivity index (χ1) is 14.1. The molecule has 1 aliphatic rings. The number of nitrogens with one attached hydrogen (secondary N) is 2. The molecule has 0 spiro atoms. The van der Waals surface area contributed by atoms with Gasteiger partial charge in [-0.2, -0.15) is 0 Å². The van der Waals surface area contributed by atoms with Crippen molar-refractivity contribution in [2.75, 3.05) is 10.6 Å². The summed E-state index contributed by atoms with van der Waals surface area (Å²) in [5, 5.41) is 5.53. The second-order valence-electron chi connectivity index (χ2n) is 6.79. The number of fused-ring (bicyclic) bond motifs is 1. The van der Waals surface area contributed by atoms with E-state index >= 15 is 0 Å². The van der Waals surface area contributed by atoms with Crippen LogP contribution in [0, 0.1) is 6.92 Å². The molecule has 2 N–H and O–H groups in total. The van der Waals surface area contributed by atoms with Crippen LogP contribution in [0.15, 0.2) is 72.8 Å². The molecule has 1 atom stereocenters. The van der Waals surface area contributed by atoms with Crippen LogP contribution >= 0.6 is 0 Å². The number of anilines is 2. The summed E-state index contributed by atoms with van der Waals surface area (Å²) in [6.07, 6.45) is -0.948. The Bertz CT molecular complexity index is 1050. The SMILES string of the molecule is Cc1cccc(Oc2ccc(NC(=O)C[C@@H]3Oc4ccccc4NC3=O)cc2)c1. The zero-order chi connectivity index (χ0) is 20.2. The zero-order valence-electron chi connectivity index (χ0n) is 15.8. The van der Waals surface area contributed by atoms with Crippen molar-refractivity contribution >= 4 is 23.2 Å². The number of benzene rings is 3. The lowest BCUT2D eigenvalue weighted by atomic mass is 10.1. The van der Waals surface area contributed by atoms with Crippen LogP contribution < -0.4 is 20.1 Å². The Morgan fingerprint density at radius 2 is 1.83 bits per heavy atom. The van der Waals surface area contributed by atoms with Crippen molar-refractivity contribution in [3.8, 4) is 17.2 Å². The third-order valence-electron chi connectivity index (χ3n) is 4.44. The molecule has 0 aromatic heterocycles. The van der Waals surface area contributed by atoms with E-state index < -0.39 is 6.10 Å². The Kier molecular flexibility index (Phi) is 5.16. The first kappa shape index (κ1) is 18.6. The highest BCUT2D eigenvalue weighted by Gasteiger charge is 2.29. The largest absolute Gasteiger partial charge is 0.478 e. The van der Waals surface area contributed by atoms with Gasteiger partial charge in [0.1, 0.15) is 17.2 Å². The smallest absolute Gasteiger partial charge is 0.266 e. The molecule has 0 fully saturated rings. The minimum Gasteiger partial charge on any atom is -0.478 e. The van der Waals surface area contributed by atoms with E-state index in [1.54, 1.807) is 36.4 Å². The summed E-state index contributed by atoms with van der Waals surface area (Å²) in [5.41, 5.74) is 2.34. The fraction of sp³-hybridized carbons (Fsp3) is 0.130. The quantitative estimate of drug-likeness (QED) is 0.674. The highest BCUT2D eigenvalue weighted by atomic mass is 16.5. The monoisotopic (exact) mass is 388 g/mol. The van der Waals surface area contributed by atoms with Gasteiger partial charge in [-0.3, -0.25) is 9.59 Å². The molecule has 146 valence electrons. The number of rotatable bonds is 5. The van der Waals surface area contributed by atoms with Crippen LogP contribution in [-0.4, -0.2) is 17.9 Å². The molecule has 3 aromatic carbocycles. The topological polar surface area (TPSA) is 76.7 Å². The van der Waals surface area contributed by atoms with Gasteiger partial charge >= 0.3 is 0 Å². The average molecular weight is 388 g/mol. The number of aryl methyl sites for hydroxylation is 1. The summed E-state index contributed by atoms with van der Waals surface area (Å²) < 4.78 is 11.5. The molecule has 1 aliphatic heterocycles. The molecule has 29 heavy (non-hydrogen) atoms. The van der Waals surface area contributed by atoms with Crippen molar-refractivity contribution in [1.82, 2.24) is 0 Å². The van der Waals surface area contributed by atoms with Gasteiger partial charge in [0.25, 0.3) is 5.91 Å². The van der Waals surface area contributed by atoms with Gasteiger partial charge in [-0.15, -0.1) is 0 Å². The Labute approximate surface area is 168 Å². The average Bonchev–Trinajstić information content (AvgIpc) is 2.70. The highest BCUT2D eigenvalue weighted by molar-refractivity contribution is 6.01. The number of para-hydroxylation sites is 2. The molecule has 0 unspecified atom stereocenters. The van der Waals surface area contributed by atoms with Crippen molar-refractivity contribution < 1.29 is 19.1 Å². The van der Waals surface area contributed by atoms with E-state index in [1.807, 2.05) is 43.3 Å². The summed E-state index contributed by atoms with van der Waals surface area (Å²) >= 11 is 0. The summed E-state index contributed by atoms with van der Waals surface area (Å²) in [6.45, 7) is 2.00. The number of hydrogen-bond acceptors (Lipinski definition) is 4. The van der Waals surface area contributed by atoms with Gasteiger partial charge in [0.05, 0.1) is 12.1 Å². The normalized spacial score (nSPS) is 14.9. The first-order valence-corrected chi connectivity index (χ1v) is 9.28. The summed E-state index contributed by atoms with van der Waals surface area (Å²) in [4.78, 5) is 24.5. The Morgan fingerprint density at radius 3 is 2.62 bits per heavy atom. The van der Waals surface area contributed by atoms with Gasteiger partial charge in [0, 0.05) is 5.69 Å². The first-order valence-electron chi connectivity index (χ1n) is 9.28. The van der Waals surface area contributed by atoms with Crippen LogP contribution in [0.5, 0.6) is 17.2 Å². The lowest BCUT2D eigenvalue weighted by Crippen LogP contribution is -2.39. The molecule has 0 aliphatic carbocycles. The molecular formula is C23H20N2O4. The van der Waals surface area contributed by atoms with Gasteiger partial charge in [-0.25, -0.2) is 0 Å². The maximum atomic E-state index is 12.3. The van der Waals surface area contributed by atoms with Crippen molar-refractivity contribution in [2.45, 2.75) is 19.4 Å². The number of hydrogen-bond donors (Lipinski definition) is 2. The van der Waals surface area contributed by atoms with E-state index in [0.29, 0.717) is 22.9 Å². The number of carbonyl (C=O) groups excluding carboxylic acids is 2. The molecule has 0 saturated carbocycles. The number of carbonyl (C=O) groups is 2. The Morgan fingerprint density at radius 1 is 1.03 bits per heavy atom. The van der Waals surface area contributed by atoms with Crippen LogP contribution in [0.4, 0.5) is 11.4 Å². The maximum Gasteiger partial charge on any atom is 0.266 e. The van der Waals surface area contributed by atoms with Crippen LogP contribution in [0.25, 0.3) is 0 Å². The third-order valence-corrected chi connectivity index (χ3v) is 4.44. The highest BCUT2D eigenvalue weighted by Crippen LogP contribution is 2.30. The van der Waals surface area contributed by atoms with Gasteiger partial charge in [-0.1, -0.05) is 24.3 Å².